The Morgan fingerprint density at radius 2 is 2.00 bits per heavy atom. The van der Waals surface area contributed by atoms with Gasteiger partial charge in [0.2, 0.25) is 0 Å². The second-order valence-electron chi connectivity index (χ2n) is 5.58. The predicted molar refractivity (Wildman–Crippen MR) is 71.9 cm³/mol. The lowest BCUT2D eigenvalue weighted by Crippen LogP contribution is -2.38. The van der Waals surface area contributed by atoms with Gasteiger partial charge < -0.3 is 4.74 Å². The van der Waals surface area contributed by atoms with E-state index in [0.717, 1.165) is 18.9 Å². The van der Waals surface area contributed by atoms with E-state index in [4.69, 9.17) is 4.74 Å². The molecule has 2 aliphatic rings. The van der Waals surface area contributed by atoms with Crippen LogP contribution in [0.25, 0.3) is 0 Å². The van der Waals surface area contributed by atoms with E-state index in [-0.39, 0.29) is 0 Å². The third-order valence-electron chi connectivity index (χ3n) is 4.32. The van der Waals surface area contributed by atoms with Crippen molar-refractivity contribution in [1.82, 2.24) is 10.9 Å². The summed E-state index contributed by atoms with van der Waals surface area (Å²) in [5.74, 6) is 0.779. The molecular formula is C15H22N2O. The fraction of sp³-hybridized carbons (Fsp3) is 0.600. The van der Waals surface area contributed by atoms with E-state index in [1.807, 2.05) is 6.07 Å². The number of ether oxygens (including phenoxy) is 1. The minimum Gasteiger partial charge on any atom is -0.373 e. The van der Waals surface area contributed by atoms with Crippen molar-refractivity contribution >= 4 is 0 Å². The maximum atomic E-state index is 6.04. The molecule has 3 nitrogen and oxygen atoms in total. The number of hydrogen-bond acceptors (Lipinski definition) is 3. The number of rotatable bonds is 3. The molecular weight excluding hydrogens is 224 g/mol. The third-order valence-corrected chi connectivity index (χ3v) is 4.32. The zero-order chi connectivity index (χ0) is 12.4. The molecule has 4 unspecified atom stereocenters. The van der Waals surface area contributed by atoms with Gasteiger partial charge in [0.15, 0.2) is 0 Å². The van der Waals surface area contributed by atoms with Gasteiger partial charge in [-0.1, -0.05) is 30.3 Å². The van der Waals surface area contributed by atoms with Gasteiger partial charge in [-0.3, -0.25) is 10.9 Å². The summed E-state index contributed by atoms with van der Waals surface area (Å²) in [6, 6.07) is 11.6. The Kier molecular flexibility index (Phi) is 3.64. The molecule has 1 aromatic carbocycles. The van der Waals surface area contributed by atoms with E-state index < -0.39 is 0 Å². The van der Waals surface area contributed by atoms with Crippen LogP contribution in [-0.2, 0) is 11.3 Å². The average molecular weight is 246 g/mol. The number of hydrazine groups is 1. The van der Waals surface area contributed by atoms with Gasteiger partial charge in [0.1, 0.15) is 0 Å². The smallest absolute Gasteiger partial charge is 0.0720 e. The molecule has 1 saturated carbocycles. The van der Waals surface area contributed by atoms with E-state index in [1.54, 1.807) is 0 Å². The summed E-state index contributed by atoms with van der Waals surface area (Å²) < 4.78 is 6.04. The minimum absolute atomic E-state index is 0.408. The normalized spacial score (nSPS) is 35.4. The largest absolute Gasteiger partial charge is 0.373 e. The second-order valence-corrected chi connectivity index (χ2v) is 5.58. The maximum Gasteiger partial charge on any atom is 0.0720 e. The summed E-state index contributed by atoms with van der Waals surface area (Å²) in [6.07, 6.45) is 4.01. The summed E-state index contributed by atoms with van der Waals surface area (Å²) in [4.78, 5) is 0. The van der Waals surface area contributed by atoms with E-state index in [2.05, 4.69) is 42.0 Å². The molecule has 0 radical (unpaired) electrons. The first-order valence-corrected chi connectivity index (χ1v) is 6.99. The highest BCUT2D eigenvalue weighted by atomic mass is 16.5. The first-order valence-electron chi connectivity index (χ1n) is 6.99. The molecule has 0 bridgehead atoms. The highest BCUT2D eigenvalue weighted by molar-refractivity contribution is 5.13. The zero-order valence-electron chi connectivity index (χ0n) is 10.9. The molecule has 3 rings (SSSR count). The van der Waals surface area contributed by atoms with Crippen molar-refractivity contribution in [3.63, 3.8) is 0 Å². The van der Waals surface area contributed by atoms with Crippen LogP contribution in [-0.4, -0.2) is 18.2 Å². The molecule has 1 aliphatic heterocycles. The summed E-state index contributed by atoms with van der Waals surface area (Å²) in [5.41, 5.74) is 8.03. The zero-order valence-corrected chi connectivity index (χ0v) is 10.9. The molecule has 4 atom stereocenters. The number of fused-ring (bicyclic) bond motifs is 1. The monoisotopic (exact) mass is 246 g/mol. The molecule has 1 aromatic rings. The molecule has 3 heteroatoms. The van der Waals surface area contributed by atoms with E-state index in [1.165, 1.54) is 18.4 Å². The fourth-order valence-electron chi connectivity index (χ4n) is 3.21. The first kappa shape index (κ1) is 12.2. The van der Waals surface area contributed by atoms with Gasteiger partial charge >= 0.3 is 0 Å². The van der Waals surface area contributed by atoms with Crippen molar-refractivity contribution in [2.75, 3.05) is 0 Å². The van der Waals surface area contributed by atoms with Gasteiger partial charge in [-0.15, -0.1) is 0 Å². The van der Waals surface area contributed by atoms with Crippen LogP contribution in [0.3, 0.4) is 0 Å². The third kappa shape index (κ3) is 2.58. The molecule has 1 heterocycles. The summed E-state index contributed by atoms with van der Waals surface area (Å²) in [7, 11) is 0. The van der Waals surface area contributed by atoms with E-state index >= 15 is 0 Å². The van der Waals surface area contributed by atoms with Crippen LogP contribution in [0.5, 0.6) is 0 Å². The SMILES string of the molecule is CC1NNC2CC(OCc3ccccc3)CCC12. The highest BCUT2D eigenvalue weighted by Crippen LogP contribution is 2.31. The molecule has 18 heavy (non-hydrogen) atoms. The van der Waals surface area contributed by atoms with Crippen LogP contribution in [0.2, 0.25) is 0 Å². The van der Waals surface area contributed by atoms with Crippen molar-refractivity contribution < 1.29 is 4.74 Å². The van der Waals surface area contributed by atoms with Crippen LogP contribution < -0.4 is 10.9 Å². The van der Waals surface area contributed by atoms with Crippen molar-refractivity contribution in [3.8, 4) is 0 Å². The molecule has 98 valence electrons. The van der Waals surface area contributed by atoms with Crippen molar-refractivity contribution in [1.29, 1.82) is 0 Å². The van der Waals surface area contributed by atoms with Gasteiger partial charge in [-0.05, 0) is 37.7 Å². The molecule has 0 aromatic heterocycles. The Hall–Kier alpha value is -0.900. The average Bonchev–Trinajstić information content (AvgIpc) is 2.79. The van der Waals surface area contributed by atoms with Crippen LogP contribution in [0.15, 0.2) is 30.3 Å². The summed E-state index contributed by atoms with van der Waals surface area (Å²) in [6.45, 7) is 3.01. The molecule has 1 aliphatic carbocycles. The Morgan fingerprint density at radius 3 is 2.83 bits per heavy atom. The van der Waals surface area contributed by atoms with Crippen LogP contribution in [0.4, 0.5) is 0 Å². The van der Waals surface area contributed by atoms with Crippen LogP contribution in [0, 0.1) is 5.92 Å². The van der Waals surface area contributed by atoms with Gasteiger partial charge in [-0.2, -0.15) is 0 Å². The van der Waals surface area contributed by atoms with Gasteiger partial charge in [0.05, 0.1) is 12.7 Å². The molecule has 1 saturated heterocycles. The number of hydrogen-bond donors (Lipinski definition) is 2. The summed E-state index contributed by atoms with van der Waals surface area (Å²) in [5, 5.41) is 0. The van der Waals surface area contributed by atoms with Gasteiger partial charge in [0.25, 0.3) is 0 Å². The van der Waals surface area contributed by atoms with Gasteiger partial charge in [-0.25, -0.2) is 0 Å². The summed E-state index contributed by atoms with van der Waals surface area (Å²) >= 11 is 0. The Morgan fingerprint density at radius 1 is 1.17 bits per heavy atom. The highest BCUT2D eigenvalue weighted by Gasteiger charge is 2.38. The van der Waals surface area contributed by atoms with Crippen molar-refractivity contribution in [2.45, 2.75) is 51.0 Å². The lowest BCUT2D eigenvalue weighted by molar-refractivity contribution is 0.00118. The van der Waals surface area contributed by atoms with E-state index in [0.29, 0.717) is 18.2 Å². The van der Waals surface area contributed by atoms with Crippen molar-refractivity contribution in [2.24, 2.45) is 5.92 Å². The lowest BCUT2D eigenvalue weighted by atomic mass is 9.81. The standard InChI is InChI=1S/C15H22N2O/c1-11-14-8-7-13(9-15(14)17-16-11)18-10-12-5-3-2-4-6-12/h2-6,11,13-17H,7-10H2,1H3. The molecule has 2 fully saturated rings. The maximum absolute atomic E-state index is 6.04. The molecule has 0 spiro atoms. The topological polar surface area (TPSA) is 33.3 Å². The first-order chi connectivity index (χ1) is 8.83. The number of nitrogens with one attached hydrogen (secondary N) is 2. The van der Waals surface area contributed by atoms with Crippen molar-refractivity contribution in [3.05, 3.63) is 35.9 Å². The van der Waals surface area contributed by atoms with E-state index in [9.17, 15) is 0 Å². The second kappa shape index (κ2) is 5.39. The lowest BCUT2D eigenvalue weighted by Gasteiger charge is -2.32. The fourth-order valence-corrected chi connectivity index (χ4v) is 3.21. The predicted octanol–water partition coefficient (Wildman–Crippen LogP) is 2.24. The minimum atomic E-state index is 0.408. The Balaban J connectivity index is 1.50. The quantitative estimate of drug-likeness (QED) is 0.858. The number of benzene rings is 1. The van der Waals surface area contributed by atoms with Crippen LogP contribution in [0.1, 0.15) is 31.7 Å². The molecule has 0 amide bonds. The Bertz CT molecular complexity index is 381. The van der Waals surface area contributed by atoms with Crippen LogP contribution >= 0.6 is 0 Å². The van der Waals surface area contributed by atoms with Gasteiger partial charge in [0, 0.05) is 12.1 Å². The molecule has 2 N–H and O–H groups in total. The Labute approximate surface area is 109 Å².